The first-order valence-electron chi connectivity index (χ1n) is 50.9. The lowest BCUT2D eigenvalue weighted by atomic mass is 9.87. The van der Waals surface area contributed by atoms with Gasteiger partial charge in [-0.05, 0) is 25.3 Å². The number of carboxylic acid groups (broad SMARTS) is 3. The fourth-order valence-electron chi connectivity index (χ4n) is 19.4. The van der Waals surface area contributed by atoms with Crippen molar-refractivity contribution in [2.24, 2.45) is 0 Å². The van der Waals surface area contributed by atoms with Gasteiger partial charge in [-0.1, -0.05) is 168 Å². The van der Waals surface area contributed by atoms with Gasteiger partial charge in [0.2, 0.25) is 29.5 Å². The van der Waals surface area contributed by atoms with Crippen molar-refractivity contribution in [1.29, 1.82) is 0 Å². The molecule has 52 nitrogen and oxygen atoms in total. The van der Waals surface area contributed by atoms with Crippen molar-refractivity contribution < 1.29 is 232 Å². The standard InChI is InChI=1S/C94H163N5O47/c1-7-9-11-13-15-17-19-21-22-23-25-27-29-31-33-35-63(117)99-51(52(111)34-32-30-28-26-24-20-18-16-14-12-10-8-2)46-133-86-74(124)73(123)77(61(44-105)136-86)138-88-76(126)84(146-94(91(131)132)38-55(114)66(97-49(5)109)82(144-94)72(122)60(43-104)141-92(89(127)128)36-53(112)64(95-47(3)107)80(142-92)68(118)56(115)39-100)78(62(45-106)137-88)139-85-67(98-50(6)110)79(70(120)58(41-102)134-85)140-87-75(125)83(71(121)59(42-103)135-87)145-93(90(129)130)37-54(113)65(96-48(4)108)81(143-93)69(119)57(116)40-101/h34,51,53-62,64-88,100-106,111-116,118-126H,7-33,35-46H2,1-6H3,(H,95,107)(H,96,108)(H,97,109)(H,98,110)(H,99,117)(H,127,128)(H,129,130)(H,131,132)/b52-34-/t51?,53-,54-,55-,56+,57+,58+,59+,60+,61+,62+,64+,65+,66+,67+,68+,69+,70-,71-,72+,73+,74+,75+,76+,77+,78-,79+,80+,81+,82+,83-,84+,85-,86+,87-,88-,92+,93-,94-/m0/s1. The zero-order valence-corrected chi connectivity index (χ0v) is 83.6. The normalized spacial score (nSPS) is 35.5. The van der Waals surface area contributed by atoms with Crippen LogP contribution in [0, 0.1) is 0 Å². The van der Waals surface area contributed by atoms with Crippen molar-refractivity contribution in [2.45, 2.75) is 478 Å². The quantitative estimate of drug-likeness (QED) is 0.0199. The minimum atomic E-state index is -3.81. The summed E-state index contributed by atoms with van der Waals surface area (Å²) in [7, 11) is 0. The minimum absolute atomic E-state index is 0.0429. The van der Waals surface area contributed by atoms with Crippen molar-refractivity contribution in [3.8, 4) is 0 Å². The largest absolute Gasteiger partial charge is 0.510 e. The van der Waals surface area contributed by atoms with Gasteiger partial charge in [-0.3, -0.25) is 24.0 Å². The van der Waals surface area contributed by atoms with Crippen LogP contribution in [0.3, 0.4) is 0 Å². The van der Waals surface area contributed by atoms with Gasteiger partial charge in [0.25, 0.3) is 17.4 Å². The molecule has 0 aromatic carbocycles. The summed E-state index contributed by atoms with van der Waals surface area (Å²) in [5.41, 5.74) is 0. The third kappa shape index (κ3) is 35.2. The van der Waals surface area contributed by atoms with Gasteiger partial charge in [0, 0.05) is 53.4 Å². The molecular formula is C94H163N5O47. The summed E-state index contributed by atoms with van der Waals surface area (Å²) < 4.78 is 84.5. The number of amides is 5. The lowest BCUT2D eigenvalue weighted by molar-refractivity contribution is -0.405. The van der Waals surface area contributed by atoms with Crippen molar-refractivity contribution in [2.75, 3.05) is 52.9 Å². The molecule has 146 heavy (non-hydrogen) atoms. The predicted octanol–water partition coefficient (Wildman–Crippen LogP) is -6.17. The van der Waals surface area contributed by atoms with Crippen LogP contribution in [-0.4, -0.2) is 465 Å². The highest BCUT2D eigenvalue weighted by Gasteiger charge is 2.66. The molecule has 39 atom stereocenters. The number of allylic oxidation sites excluding steroid dienone is 1. The molecule has 7 fully saturated rings. The van der Waals surface area contributed by atoms with Gasteiger partial charge < -0.3 is 221 Å². The van der Waals surface area contributed by atoms with Crippen LogP contribution in [0.25, 0.3) is 0 Å². The predicted molar refractivity (Wildman–Crippen MR) is 497 cm³/mol. The monoisotopic (exact) mass is 2110 g/mol. The van der Waals surface area contributed by atoms with Crippen LogP contribution in [0.1, 0.15) is 241 Å². The molecule has 0 radical (unpaired) electrons. The van der Waals surface area contributed by atoms with Crippen molar-refractivity contribution in [1.82, 2.24) is 26.6 Å². The number of ether oxygens (including phenoxy) is 14. The molecule has 0 aromatic heterocycles. The highest BCUT2D eigenvalue weighted by Crippen LogP contribution is 2.45. The molecule has 7 rings (SSSR count). The van der Waals surface area contributed by atoms with Crippen LogP contribution in [0.4, 0.5) is 0 Å². The molecule has 0 aliphatic carbocycles. The van der Waals surface area contributed by atoms with E-state index in [2.05, 4.69) is 40.4 Å². The molecule has 1 unspecified atom stereocenters. The van der Waals surface area contributed by atoms with Gasteiger partial charge in [-0.25, -0.2) is 14.4 Å². The van der Waals surface area contributed by atoms with E-state index in [1.807, 2.05) is 0 Å². The molecule has 5 amide bonds. The number of unbranched alkanes of at least 4 members (excludes halogenated alkanes) is 25. The van der Waals surface area contributed by atoms with Gasteiger partial charge in [-0.2, -0.15) is 0 Å². The fraction of sp³-hybridized carbons (Fsp3) is 0.894. The van der Waals surface area contributed by atoms with E-state index in [4.69, 9.17) is 66.3 Å². The number of rotatable bonds is 65. The second kappa shape index (κ2) is 62.3. The minimum Gasteiger partial charge on any atom is -0.510 e. The molecule has 846 valence electrons. The highest BCUT2D eigenvalue weighted by molar-refractivity contribution is 5.79. The molecule has 0 bridgehead atoms. The number of carbonyl (C=O) groups is 8. The first-order chi connectivity index (χ1) is 69.4. The second-order valence-electron chi connectivity index (χ2n) is 38.9. The average Bonchev–Trinajstić information content (AvgIpc) is 0.734. The lowest BCUT2D eigenvalue weighted by Crippen LogP contribution is -2.73. The summed E-state index contributed by atoms with van der Waals surface area (Å²) in [4.78, 5) is 107. The van der Waals surface area contributed by atoms with Crippen molar-refractivity contribution >= 4 is 47.4 Å². The first kappa shape index (κ1) is 127. The van der Waals surface area contributed by atoms with Crippen LogP contribution in [-0.2, 0) is 105 Å². The zero-order valence-electron chi connectivity index (χ0n) is 83.6. The Bertz CT molecular complexity index is 3920. The van der Waals surface area contributed by atoms with E-state index >= 15 is 0 Å². The van der Waals surface area contributed by atoms with Gasteiger partial charge in [0.1, 0.15) is 164 Å². The maximum absolute atomic E-state index is 14.6. The lowest BCUT2D eigenvalue weighted by Gasteiger charge is -2.53. The van der Waals surface area contributed by atoms with E-state index in [0.29, 0.717) is 19.3 Å². The van der Waals surface area contributed by atoms with Crippen LogP contribution >= 0.6 is 0 Å². The maximum atomic E-state index is 14.6. The van der Waals surface area contributed by atoms with Crippen molar-refractivity contribution in [3.63, 3.8) is 0 Å². The van der Waals surface area contributed by atoms with Crippen LogP contribution in [0.15, 0.2) is 11.8 Å². The Hall–Kier alpha value is -6.10. The number of carboxylic acids is 3. The fourth-order valence-corrected chi connectivity index (χ4v) is 19.4. The number of carbonyl (C=O) groups excluding carboxylic acids is 5. The Morgan fingerprint density at radius 2 is 0.705 bits per heavy atom. The molecule has 30 N–H and O–H groups in total. The van der Waals surface area contributed by atoms with Crippen molar-refractivity contribution in [3.05, 3.63) is 11.8 Å². The molecule has 52 heteroatoms. The molecule has 0 spiro atoms. The van der Waals surface area contributed by atoms with E-state index in [1.165, 1.54) is 76.7 Å². The Kier molecular flexibility index (Phi) is 54.1. The number of nitrogens with one attached hydrogen (secondary N) is 5. The van der Waals surface area contributed by atoms with E-state index < -0.39 is 357 Å². The van der Waals surface area contributed by atoms with E-state index in [1.54, 1.807) is 0 Å². The molecule has 7 saturated heterocycles. The summed E-state index contributed by atoms with van der Waals surface area (Å²) in [5, 5.41) is 298. The zero-order chi connectivity index (χ0) is 108. The molecule has 7 aliphatic rings. The van der Waals surface area contributed by atoms with Crippen LogP contribution < -0.4 is 26.6 Å². The Labute approximate surface area is 845 Å². The molecule has 0 aromatic rings. The van der Waals surface area contributed by atoms with E-state index in [-0.39, 0.29) is 12.2 Å². The second-order valence-corrected chi connectivity index (χ2v) is 38.9. The number of aliphatic hydroxyl groups excluding tert-OH is 22. The average molecular weight is 2120 g/mol. The first-order valence-corrected chi connectivity index (χ1v) is 50.9. The third-order valence-corrected chi connectivity index (χ3v) is 27.4. The maximum Gasteiger partial charge on any atom is 0.364 e. The SMILES string of the molecule is CCCCCCCCCCCCC/C=C(\O)C(CO[C@@H]1O[C@H](CO)[C@@H](O[C@@H]2O[C@H](CO)[C@H](O[C@@H]3O[C@H](CO)[C@H](O)[C@H](O[C@@H]4O[C@H](CO)[C@H](O)[C@H](O[C@]5(C(=O)O)C[C@H](O)[C@@H](NC(C)=O)[C@H]([C@H](O)[C@H](O)CO)O5)[C@H]4O)[C@H]3NC(C)=O)[C@H](O[C@]3(C(=O)O)C[C@H](O)[C@@H](NC(C)=O)[C@H]([C@H](O)[C@@H](CO)O[C@]4(C(=O)O)C[C@H](O)[C@@H](NC(C)=O)[C@H]([C@H](O)[C@H](O)CO)O4)O3)[C@H]2O)[C@H](O)[C@H]1O)NC(=O)CCCCCCCCCCCCCCCCC. The summed E-state index contributed by atoms with van der Waals surface area (Å²) in [6, 6.07) is -9.43. The molecule has 7 aliphatic heterocycles. The topological polar surface area (TPSA) is 832 Å². The van der Waals surface area contributed by atoms with E-state index in [9.17, 15) is 166 Å². The number of aliphatic carboxylic acids is 3. The van der Waals surface area contributed by atoms with Crippen LogP contribution in [0.5, 0.6) is 0 Å². The Balaban J connectivity index is 1.26. The Morgan fingerprint density at radius 3 is 1.12 bits per heavy atom. The summed E-state index contributed by atoms with van der Waals surface area (Å²) in [6.45, 7) is -2.31. The molecular weight excluding hydrogens is 1950 g/mol. The van der Waals surface area contributed by atoms with Gasteiger partial charge in [-0.15, -0.1) is 0 Å². The molecule has 0 saturated carbocycles. The third-order valence-electron chi connectivity index (χ3n) is 27.4. The van der Waals surface area contributed by atoms with E-state index in [0.717, 1.165) is 111 Å². The summed E-state index contributed by atoms with van der Waals surface area (Å²) >= 11 is 0. The molecule has 7 heterocycles. The number of hydrogen-bond donors (Lipinski definition) is 30. The smallest absolute Gasteiger partial charge is 0.364 e. The van der Waals surface area contributed by atoms with Crippen LogP contribution in [0.2, 0.25) is 0 Å². The highest BCUT2D eigenvalue weighted by atomic mass is 16.8. The Morgan fingerprint density at radius 1 is 0.363 bits per heavy atom. The van der Waals surface area contributed by atoms with Gasteiger partial charge >= 0.3 is 17.9 Å². The van der Waals surface area contributed by atoms with Gasteiger partial charge in [0.15, 0.2) is 25.2 Å². The summed E-state index contributed by atoms with van der Waals surface area (Å²) in [6.07, 6.45) is -49.1. The summed E-state index contributed by atoms with van der Waals surface area (Å²) in [5.74, 6) is -22.5. The van der Waals surface area contributed by atoms with Gasteiger partial charge in [0.05, 0.1) is 89.3 Å². The number of aliphatic hydroxyl groups is 22. The number of hydrogen-bond acceptors (Lipinski definition) is 44.